The molecule has 1 nitrogen and oxygen atoms in total. The number of hydrogen-bond donors (Lipinski definition) is 0. The molecule has 1 fully saturated rings. The fourth-order valence-corrected chi connectivity index (χ4v) is 3.63. The summed E-state index contributed by atoms with van der Waals surface area (Å²) < 4.78 is 6.07. The second-order valence-electron chi connectivity index (χ2n) is 6.61. The molecule has 0 aromatic heterocycles. The number of rotatable bonds is 6. The molecule has 1 atom stereocenters. The van der Waals surface area contributed by atoms with Crippen LogP contribution in [0, 0.1) is 11.3 Å². The molecule has 0 spiro atoms. The quantitative estimate of drug-likeness (QED) is 0.633. The summed E-state index contributed by atoms with van der Waals surface area (Å²) in [4.78, 5) is 0. The van der Waals surface area contributed by atoms with E-state index in [1.165, 1.54) is 0 Å². The minimum atomic E-state index is 0.0346. The molecule has 1 aliphatic heterocycles. The third-order valence-electron chi connectivity index (χ3n) is 3.62. The molecule has 17 heavy (non-hydrogen) atoms. The maximum atomic E-state index is 6.18. The molecular formula is C14H26Cl2O. The summed E-state index contributed by atoms with van der Waals surface area (Å²) in [5.41, 5.74) is 0.0786. The van der Waals surface area contributed by atoms with Crippen LogP contribution in [0.2, 0.25) is 0 Å². The molecule has 0 N–H and O–H groups in total. The van der Waals surface area contributed by atoms with Crippen LogP contribution in [0.3, 0.4) is 0 Å². The first kappa shape index (κ1) is 15.6. The summed E-state index contributed by atoms with van der Waals surface area (Å²) in [5, 5.41) is 0. The Morgan fingerprint density at radius 3 is 2.24 bits per heavy atom. The van der Waals surface area contributed by atoms with E-state index in [2.05, 4.69) is 27.7 Å². The molecule has 1 unspecified atom stereocenters. The SMILES string of the molecule is CC(C)CC(CCl)(CCl)CC1CCC(C)(C)O1. The fraction of sp³-hybridized carbons (Fsp3) is 1.00. The Morgan fingerprint density at radius 2 is 1.88 bits per heavy atom. The van der Waals surface area contributed by atoms with E-state index in [0.717, 1.165) is 25.7 Å². The van der Waals surface area contributed by atoms with E-state index in [-0.39, 0.29) is 11.0 Å². The van der Waals surface area contributed by atoms with E-state index in [9.17, 15) is 0 Å². The van der Waals surface area contributed by atoms with Crippen molar-refractivity contribution in [3.63, 3.8) is 0 Å². The van der Waals surface area contributed by atoms with Crippen LogP contribution in [0.1, 0.15) is 53.4 Å². The molecule has 1 saturated heterocycles. The molecule has 0 aromatic rings. The van der Waals surface area contributed by atoms with Gasteiger partial charge < -0.3 is 4.74 Å². The summed E-state index contributed by atoms with van der Waals surface area (Å²) >= 11 is 12.4. The van der Waals surface area contributed by atoms with Gasteiger partial charge in [-0.15, -0.1) is 23.2 Å². The van der Waals surface area contributed by atoms with E-state index in [0.29, 0.717) is 23.8 Å². The number of alkyl halides is 2. The van der Waals surface area contributed by atoms with Crippen molar-refractivity contribution in [3.05, 3.63) is 0 Å². The average molecular weight is 281 g/mol. The van der Waals surface area contributed by atoms with Crippen LogP contribution in [0.15, 0.2) is 0 Å². The number of halogens is 2. The topological polar surface area (TPSA) is 9.23 Å². The summed E-state index contributed by atoms with van der Waals surface area (Å²) in [7, 11) is 0. The first-order chi connectivity index (χ1) is 7.82. The molecule has 0 saturated carbocycles. The van der Waals surface area contributed by atoms with Crippen molar-refractivity contribution in [3.8, 4) is 0 Å². The minimum Gasteiger partial charge on any atom is -0.372 e. The first-order valence-corrected chi connectivity index (χ1v) is 7.69. The van der Waals surface area contributed by atoms with Crippen molar-refractivity contribution in [1.82, 2.24) is 0 Å². The van der Waals surface area contributed by atoms with E-state index in [1.54, 1.807) is 0 Å². The Bertz CT molecular complexity index is 234. The summed E-state index contributed by atoms with van der Waals surface area (Å²) in [6.45, 7) is 8.79. The highest BCUT2D eigenvalue weighted by atomic mass is 35.5. The third kappa shape index (κ3) is 4.61. The highest BCUT2D eigenvalue weighted by Gasteiger charge is 2.38. The maximum absolute atomic E-state index is 6.18. The molecule has 0 aliphatic carbocycles. The van der Waals surface area contributed by atoms with Gasteiger partial charge in [0.1, 0.15) is 0 Å². The van der Waals surface area contributed by atoms with Crippen molar-refractivity contribution in [2.45, 2.75) is 65.1 Å². The molecule has 3 heteroatoms. The second-order valence-corrected chi connectivity index (χ2v) is 7.14. The lowest BCUT2D eigenvalue weighted by atomic mass is 9.78. The van der Waals surface area contributed by atoms with Gasteiger partial charge in [-0.2, -0.15) is 0 Å². The largest absolute Gasteiger partial charge is 0.372 e. The van der Waals surface area contributed by atoms with Gasteiger partial charge in [0.2, 0.25) is 0 Å². The number of ether oxygens (including phenoxy) is 1. The van der Waals surface area contributed by atoms with Gasteiger partial charge in [0, 0.05) is 17.2 Å². The van der Waals surface area contributed by atoms with Gasteiger partial charge >= 0.3 is 0 Å². The molecule has 1 rings (SSSR count). The molecule has 102 valence electrons. The van der Waals surface area contributed by atoms with Crippen LogP contribution in [-0.2, 0) is 4.74 Å². The smallest absolute Gasteiger partial charge is 0.0631 e. The summed E-state index contributed by atoms with van der Waals surface area (Å²) in [5.74, 6) is 1.89. The molecule has 1 aliphatic rings. The summed E-state index contributed by atoms with van der Waals surface area (Å²) in [6, 6.07) is 0. The van der Waals surface area contributed by atoms with Crippen LogP contribution in [0.5, 0.6) is 0 Å². The number of hydrogen-bond acceptors (Lipinski definition) is 1. The van der Waals surface area contributed by atoms with Gasteiger partial charge in [-0.05, 0) is 45.4 Å². The van der Waals surface area contributed by atoms with E-state index in [4.69, 9.17) is 27.9 Å². The highest BCUT2D eigenvalue weighted by Crippen LogP contribution is 2.40. The van der Waals surface area contributed by atoms with Crippen LogP contribution in [0.25, 0.3) is 0 Å². The Balaban J connectivity index is 2.61. The Hall–Kier alpha value is 0.540. The Morgan fingerprint density at radius 1 is 1.29 bits per heavy atom. The predicted octanol–water partition coefficient (Wildman–Crippen LogP) is 4.84. The fourth-order valence-electron chi connectivity index (χ4n) is 2.91. The zero-order chi connectivity index (χ0) is 13.1. The predicted molar refractivity (Wildman–Crippen MR) is 76.1 cm³/mol. The van der Waals surface area contributed by atoms with E-state index in [1.807, 2.05) is 0 Å². The molecule has 1 heterocycles. The lowest BCUT2D eigenvalue weighted by Crippen LogP contribution is -2.33. The minimum absolute atomic E-state index is 0.0346. The van der Waals surface area contributed by atoms with Crippen molar-refractivity contribution < 1.29 is 4.74 Å². The van der Waals surface area contributed by atoms with Crippen molar-refractivity contribution in [2.75, 3.05) is 11.8 Å². The van der Waals surface area contributed by atoms with Gasteiger partial charge in [0.05, 0.1) is 11.7 Å². The normalized spacial score (nSPS) is 24.5. The lowest BCUT2D eigenvalue weighted by Gasteiger charge is -2.34. The van der Waals surface area contributed by atoms with Crippen LogP contribution in [0.4, 0.5) is 0 Å². The summed E-state index contributed by atoms with van der Waals surface area (Å²) in [6.07, 6.45) is 4.70. The Kier molecular flexibility index (Phi) is 5.62. The van der Waals surface area contributed by atoms with E-state index >= 15 is 0 Å². The standard InChI is InChI=1S/C14H26Cl2O/c1-11(2)7-14(9-15,10-16)8-12-5-6-13(3,4)17-12/h11-12H,5-10H2,1-4H3. The van der Waals surface area contributed by atoms with Gasteiger partial charge in [0.25, 0.3) is 0 Å². The third-order valence-corrected chi connectivity index (χ3v) is 4.76. The molecule has 0 amide bonds. The van der Waals surface area contributed by atoms with Crippen LogP contribution in [-0.4, -0.2) is 23.5 Å². The highest BCUT2D eigenvalue weighted by molar-refractivity contribution is 6.21. The molecule has 0 radical (unpaired) electrons. The van der Waals surface area contributed by atoms with Gasteiger partial charge in [-0.25, -0.2) is 0 Å². The van der Waals surface area contributed by atoms with E-state index < -0.39 is 0 Å². The van der Waals surface area contributed by atoms with Crippen molar-refractivity contribution >= 4 is 23.2 Å². The van der Waals surface area contributed by atoms with Crippen molar-refractivity contribution in [2.24, 2.45) is 11.3 Å². The van der Waals surface area contributed by atoms with Gasteiger partial charge in [-0.1, -0.05) is 13.8 Å². The van der Waals surface area contributed by atoms with Gasteiger partial charge in [-0.3, -0.25) is 0 Å². The van der Waals surface area contributed by atoms with Crippen molar-refractivity contribution in [1.29, 1.82) is 0 Å². The first-order valence-electron chi connectivity index (χ1n) is 6.62. The van der Waals surface area contributed by atoms with Crippen LogP contribution >= 0.6 is 23.2 Å². The van der Waals surface area contributed by atoms with Gasteiger partial charge in [0.15, 0.2) is 0 Å². The Labute approximate surface area is 116 Å². The molecule has 0 aromatic carbocycles. The molecular weight excluding hydrogens is 255 g/mol. The average Bonchev–Trinajstić information content (AvgIpc) is 2.56. The lowest BCUT2D eigenvalue weighted by molar-refractivity contribution is -0.0329. The monoisotopic (exact) mass is 280 g/mol. The molecule has 0 bridgehead atoms. The zero-order valence-corrected chi connectivity index (χ0v) is 13.1. The second kappa shape index (κ2) is 6.12. The zero-order valence-electron chi connectivity index (χ0n) is 11.6. The maximum Gasteiger partial charge on any atom is 0.0631 e. The van der Waals surface area contributed by atoms with Crippen LogP contribution < -0.4 is 0 Å².